The molecule has 1 N–H and O–H groups in total. The summed E-state index contributed by atoms with van der Waals surface area (Å²) in [6, 6.07) is 10.7. The van der Waals surface area contributed by atoms with Crippen LogP contribution in [0.15, 0.2) is 47.4 Å². The number of benzene rings is 2. The Bertz CT molecular complexity index is 979. The van der Waals surface area contributed by atoms with E-state index >= 15 is 0 Å². The molecule has 0 aliphatic rings. The van der Waals surface area contributed by atoms with Crippen LogP contribution >= 0.6 is 0 Å². The number of aromatic nitrogens is 2. The molecule has 7 heteroatoms. The second kappa shape index (κ2) is 6.33. The van der Waals surface area contributed by atoms with Gasteiger partial charge in [0.25, 0.3) is 0 Å². The molecular weight excluding hydrogens is 329 g/mol. The monoisotopic (exact) mass is 347 g/mol. The lowest BCUT2D eigenvalue weighted by atomic mass is 10.1. The van der Waals surface area contributed by atoms with Crippen molar-refractivity contribution in [1.82, 2.24) is 14.3 Å². The summed E-state index contributed by atoms with van der Waals surface area (Å²) in [5.41, 5.74) is 2.94. The van der Waals surface area contributed by atoms with Crippen molar-refractivity contribution in [3.63, 3.8) is 0 Å². The zero-order chi connectivity index (χ0) is 17.3. The van der Waals surface area contributed by atoms with Crippen LogP contribution in [0.1, 0.15) is 11.4 Å². The van der Waals surface area contributed by atoms with E-state index in [-0.39, 0.29) is 11.4 Å². The number of nitrogens with one attached hydrogen (secondary N) is 1. The van der Waals surface area contributed by atoms with Gasteiger partial charge in [-0.3, -0.25) is 0 Å². The summed E-state index contributed by atoms with van der Waals surface area (Å²) in [5, 5.41) is 0. The van der Waals surface area contributed by atoms with Gasteiger partial charge < -0.3 is 4.57 Å². The fourth-order valence-corrected chi connectivity index (χ4v) is 3.58. The molecule has 0 saturated carbocycles. The molecule has 0 bridgehead atoms. The Morgan fingerprint density at radius 1 is 1.17 bits per heavy atom. The second-order valence-electron chi connectivity index (χ2n) is 5.64. The van der Waals surface area contributed by atoms with Crippen molar-refractivity contribution in [2.45, 2.75) is 18.2 Å². The number of imidazole rings is 1. The highest BCUT2D eigenvalue weighted by Gasteiger charge is 2.13. The molecule has 0 fully saturated rings. The minimum absolute atomic E-state index is 0.0553. The first-order valence-electron chi connectivity index (χ1n) is 7.54. The van der Waals surface area contributed by atoms with Gasteiger partial charge in [-0.25, -0.2) is 22.5 Å². The van der Waals surface area contributed by atoms with Crippen LogP contribution in [0.25, 0.3) is 11.0 Å². The standard InChI is InChI=1S/C17H18FN3O2S/c1-12-20-16-11-13(3-8-17(16)21(12)2)9-10-19-24(22,23)15-6-4-14(18)5-7-15/h3-8,11,19H,9-10H2,1-2H3. The number of sulfonamides is 1. The van der Waals surface area contributed by atoms with Gasteiger partial charge in [0, 0.05) is 13.6 Å². The smallest absolute Gasteiger partial charge is 0.240 e. The zero-order valence-corrected chi connectivity index (χ0v) is 14.3. The van der Waals surface area contributed by atoms with Gasteiger partial charge in [0.1, 0.15) is 11.6 Å². The summed E-state index contributed by atoms with van der Waals surface area (Å²) in [5.74, 6) is 0.465. The molecule has 1 heterocycles. The maximum Gasteiger partial charge on any atom is 0.240 e. The Kier molecular flexibility index (Phi) is 4.38. The molecule has 0 aliphatic carbocycles. The summed E-state index contributed by atoms with van der Waals surface area (Å²) in [4.78, 5) is 4.53. The van der Waals surface area contributed by atoms with Gasteiger partial charge in [-0.2, -0.15) is 0 Å². The van der Waals surface area contributed by atoms with Gasteiger partial charge >= 0.3 is 0 Å². The number of rotatable bonds is 5. The van der Waals surface area contributed by atoms with Crippen molar-refractivity contribution >= 4 is 21.1 Å². The highest BCUT2D eigenvalue weighted by molar-refractivity contribution is 7.89. The van der Waals surface area contributed by atoms with Crippen LogP contribution in [0.3, 0.4) is 0 Å². The molecule has 0 aliphatic heterocycles. The van der Waals surface area contributed by atoms with Gasteiger partial charge in [-0.05, 0) is 55.3 Å². The van der Waals surface area contributed by atoms with Crippen molar-refractivity contribution in [2.24, 2.45) is 7.05 Å². The van der Waals surface area contributed by atoms with Crippen molar-refractivity contribution in [3.05, 3.63) is 59.7 Å². The van der Waals surface area contributed by atoms with Gasteiger partial charge in [-0.1, -0.05) is 6.07 Å². The molecule has 0 radical (unpaired) electrons. The Hall–Kier alpha value is -2.25. The number of hydrogen-bond acceptors (Lipinski definition) is 3. The SMILES string of the molecule is Cc1nc2cc(CCNS(=O)(=O)c3ccc(F)cc3)ccc2n1C. The maximum absolute atomic E-state index is 12.9. The first-order valence-corrected chi connectivity index (χ1v) is 9.02. The second-order valence-corrected chi connectivity index (χ2v) is 7.41. The van der Waals surface area contributed by atoms with E-state index < -0.39 is 15.8 Å². The third kappa shape index (κ3) is 3.32. The molecule has 0 amide bonds. The number of aryl methyl sites for hydroxylation is 2. The number of hydrogen-bond donors (Lipinski definition) is 1. The van der Waals surface area contributed by atoms with Crippen LogP contribution in [0.5, 0.6) is 0 Å². The summed E-state index contributed by atoms with van der Waals surface area (Å²) >= 11 is 0. The Balaban J connectivity index is 1.68. The Morgan fingerprint density at radius 2 is 1.88 bits per heavy atom. The maximum atomic E-state index is 12.9. The van der Waals surface area contributed by atoms with Crippen LogP contribution in [0, 0.1) is 12.7 Å². The molecule has 24 heavy (non-hydrogen) atoms. The molecular formula is C17H18FN3O2S. The van der Waals surface area contributed by atoms with Crippen LogP contribution in [-0.2, 0) is 23.5 Å². The minimum atomic E-state index is -3.63. The largest absolute Gasteiger partial charge is 0.331 e. The van der Waals surface area contributed by atoms with Crippen molar-refractivity contribution < 1.29 is 12.8 Å². The van der Waals surface area contributed by atoms with E-state index in [1.807, 2.05) is 36.7 Å². The molecule has 0 saturated heterocycles. The summed E-state index contributed by atoms with van der Waals surface area (Å²) in [6.07, 6.45) is 0.548. The average Bonchev–Trinajstić information content (AvgIpc) is 2.82. The van der Waals surface area contributed by atoms with E-state index in [0.29, 0.717) is 6.42 Å². The highest BCUT2D eigenvalue weighted by Crippen LogP contribution is 2.17. The molecule has 0 atom stereocenters. The zero-order valence-electron chi connectivity index (χ0n) is 13.5. The van der Waals surface area contributed by atoms with Gasteiger partial charge in [0.05, 0.1) is 15.9 Å². The lowest BCUT2D eigenvalue weighted by molar-refractivity contribution is 0.580. The molecule has 0 spiro atoms. The van der Waals surface area contributed by atoms with E-state index in [9.17, 15) is 12.8 Å². The number of nitrogens with zero attached hydrogens (tertiary/aromatic N) is 2. The minimum Gasteiger partial charge on any atom is -0.331 e. The fraction of sp³-hybridized carbons (Fsp3) is 0.235. The quantitative estimate of drug-likeness (QED) is 0.771. The summed E-state index contributed by atoms with van der Waals surface area (Å²) < 4.78 is 41.7. The molecule has 1 aromatic heterocycles. The van der Waals surface area contributed by atoms with Crippen LogP contribution in [-0.4, -0.2) is 24.5 Å². The number of fused-ring (bicyclic) bond motifs is 1. The van der Waals surface area contributed by atoms with Crippen molar-refractivity contribution in [2.75, 3.05) is 6.54 Å². The predicted molar refractivity (Wildman–Crippen MR) is 90.7 cm³/mol. The molecule has 3 rings (SSSR count). The third-order valence-corrected chi connectivity index (χ3v) is 5.48. The topological polar surface area (TPSA) is 64.0 Å². The summed E-state index contributed by atoms with van der Waals surface area (Å²) in [7, 11) is -1.67. The van der Waals surface area contributed by atoms with E-state index in [1.54, 1.807) is 0 Å². The predicted octanol–water partition coefficient (Wildman–Crippen LogP) is 2.54. The van der Waals surface area contributed by atoms with E-state index in [4.69, 9.17) is 0 Å². The lowest BCUT2D eigenvalue weighted by Gasteiger charge is -2.07. The lowest BCUT2D eigenvalue weighted by Crippen LogP contribution is -2.26. The van der Waals surface area contributed by atoms with E-state index in [2.05, 4.69) is 9.71 Å². The van der Waals surface area contributed by atoms with Gasteiger partial charge in [0.2, 0.25) is 10.0 Å². The molecule has 0 unspecified atom stereocenters. The van der Waals surface area contributed by atoms with Crippen LogP contribution < -0.4 is 4.72 Å². The Morgan fingerprint density at radius 3 is 2.58 bits per heavy atom. The average molecular weight is 347 g/mol. The van der Waals surface area contributed by atoms with Crippen LogP contribution in [0.4, 0.5) is 4.39 Å². The van der Waals surface area contributed by atoms with Crippen LogP contribution in [0.2, 0.25) is 0 Å². The highest BCUT2D eigenvalue weighted by atomic mass is 32.2. The van der Waals surface area contributed by atoms with Crippen molar-refractivity contribution in [1.29, 1.82) is 0 Å². The summed E-state index contributed by atoms with van der Waals surface area (Å²) in [6.45, 7) is 2.20. The fourth-order valence-electron chi connectivity index (χ4n) is 2.55. The van der Waals surface area contributed by atoms with E-state index in [0.717, 1.165) is 34.6 Å². The normalized spacial score (nSPS) is 12.0. The Labute approximate surface area is 140 Å². The molecule has 5 nitrogen and oxygen atoms in total. The van der Waals surface area contributed by atoms with Gasteiger partial charge in [-0.15, -0.1) is 0 Å². The van der Waals surface area contributed by atoms with Crippen molar-refractivity contribution in [3.8, 4) is 0 Å². The molecule has 2 aromatic carbocycles. The first-order chi connectivity index (χ1) is 11.4. The number of halogens is 1. The third-order valence-electron chi connectivity index (χ3n) is 4.00. The van der Waals surface area contributed by atoms with E-state index in [1.165, 1.54) is 12.1 Å². The molecule has 3 aromatic rings. The van der Waals surface area contributed by atoms with Gasteiger partial charge in [0.15, 0.2) is 0 Å². The first kappa shape index (κ1) is 16.6. The molecule has 126 valence electrons.